The van der Waals surface area contributed by atoms with Crippen LogP contribution in [0.25, 0.3) is 0 Å². The lowest BCUT2D eigenvalue weighted by molar-refractivity contribution is 0.581. The molecular formula is C18H21N5O2S. The van der Waals surface area contributed by atoms with E-state index in [0.29, 0.717) is 6.54 Å². The van der Waals surface area contributed by atoms with Crippen LogP contribution in [0.5, 0.6) is 0 Å². The lowest BCUT2D eigenvalue weighted by Crippen LogP contribution is -2.23. The molecule has 2 aromatic heterocycles. The Bertz CT molecular complexity index is 968. The molecule has 0 aliphatic heterocycles. The zero-order valence-electron chi connectivity index (χ0n) is 14.7. The monoisotopic (exact) mass is 371 g/mol. The second-order valence-electron chi connectivity index (χ2n) is 6.10. The van der Waals surface area contributed by atoms with Gasteiger partial charge in [0.1, 0.15) is 10.7 Å². The topological polar surface area (TPSA) is 80.1 Å². The minimum atomic E-state index is -3.63. The average Bonchev–Trinajstić information content (AvgIpc) is 3.11. The molecule has 0 aliphatic carbocycles. The molecule has 0 saturated carbocycles. The van der Waals surface area contributed by atoms with Crippen molar-refractivity contribution in [3.8, 4) is 0 Å². The van der Waals surface area contributed by atoms with Crippen LogP contribution in [0.4, 0.5) is 5.82 Å². The van der Waals surface area contributed by atoms with Gasteiger partial charge in [-0.2, -0.15) is 5.10 Å². The van der Waals surface area contributed by atoms with Gasteiger partial charge in [-0.15, -0.1) is 0 Å². The lowest BCUT2D eigenvalue weighted by Gasteiger charge is -2.12. The predicted molar refractivity (Wildman–Crippen MR) is 100 cm³/mol. The summed E-state index contributed by atoms with van der Waals surface area (Å²) < 4.78 is 29.2. The van der Waals surface area contributed by atoms with Crippen molar-refractivity contribution in [2.45, 2.75) is 18.0 Å². The second kappa shape index (κ2) is 7.67. The third-order valence-corrected chi connectivity index (χ3v) is 5.20. The van der Waals surface area contributed by atoms with Crippen molar-refractivity contribution in [1.82, 2.24) is 19.5 Å². The summed E-state index contributed by atoms with van der Waals surface area (Å²) in [6, 6.07) is 13.4. The van der Waals surface area contributed by atoms with Crippen LogP contribution in [0.15, 0.2) is 66.0 Å². The zero-order valence-corrected chi connectivity index (χ0v) is 15.5. The maximum Gasteiger partial charge on any atom is 0.243 e. The molecule has 0 bridgehead atoms. The Labute approximate surface area is 153 Å². The van der Waals surface area contributed by atoms with Crippen LogP contribution in [0.1, 0.15) is 11.1 Å². The van der Waals surface area contributed by atoms with Gasteiger partial charge in [0.2, 0.25) is 10.0 Å². The molecule has 0 spiro atoms. The third kappa shape index (κ3) is 4.47. The zero-order chi connectivity index (χ0) is 18.6. The molecule has 7 nitrogen and oxygen atoms in total. The summed E-state index contributed by atoms with van der Waals surface area (Å²) in [7, 11) is 0.142. The SMILES string of the molecule is CN(C)c1cc(CNS(=O)(=O)c2cnn(Cc3ccccc3)c2)ccn1. The van der Waals surface area contributed by atoms with Crippen molar-refractivity contribution in [3.05, 3.63) is 72.2 Å². The molecule has 0 amide bonds. The highest BCUT2D eigenvalue weighted by Crippen LogP contribution is 2.12. The summed E-state index contributed by atoms with van der Waals surface area (Å²) in [5, 5.41) is 4.15. The van der Waals surface area contributed by atoms with Gasteiger partial charge in [-0.3, -0.25) is 4.68 Å². The van der Waals surface area contributed by atoms with Gasteiger partial charge >= 0.3 is 0 Å². The fourth-order valence-corrected chi connectivity index (χ4v) is 3.39. The quantitative estimate of drug-likeness (QED) is 0.686. The highest BCUT2D eigenvalue weighted by molar-refractivity contribution is 7.89. The minimum absolute atomic E-state index is 0.148. The normalized spacial score (nSPS) is 11.5. The van der Waals surface area contributed by atoms with Crippen molar-refractivity contribution in [3.63, 3.8) is 0 Å². The van der Waals surface area contributed by atoms with Crippen molar-refractivity contribution in [2.75, 3.05) is 19.0 Å². The number of hydrogen-bond acceptors (Lipinski definition) is 5. The number of pyridine rings is 1. The third-order valence-electron chi connectivity index (χ3n) is 3.84. The molecule has 0 aliphatic rings. The molecule has 1 aromatic carbocycles. The number of nitrogens with zero attached hydrogens (tertiary/aromatic N) is 4. The average molecular weight is 371 g/mol. The van der Waals surface area contributed by atoms with E-state index in [1.54, 1.807) is 16.9 Å². The van der Waals surface area contributed by atoms with Crippen molar-refractivity contribution in [2.24, 2.45) is 0 Å². The summed E-state index contributed by atoms with van der Waals surface area (Å²) >= 11 is 0. The van der Waals surface area contributed by atoms with Crippen molar-refractivity contribution in [1.29, 1.82) is 0 Å². The standard InChI is InChI=1S/C18H21N5O2S/c1-22(2)18-10-16(8-9-19-18)11-21-26(24,25)17-12-20-23(14-17)13-15-6-4-3-5-7-15/h3-10,12,14,21H,11,13H2,1-2H3. The van der Waals surface area contributed by atoms with Gasteiger partial charge in [-0.05, 0) is 23.3 Å². The Kier molecular flexibility index (Phi) is 5.34. The number of aromatic nitrogens is 3. The van der Waals surface area contributed by atoms with Crippen LogP contribution < -0.4 is 9.62 Å². The maximum atomic E-state index is 12.5. The minimum Gasteiger partial charge on any atom is -0.363 e. The summed E-state index contributed by atoms with van der Waals surface area (Å²) in [4.78, 5) is 6.24. The highest BCUT2D eigenvalue weighted by atomic mass is 32.2. The molecule has 3 aromatic rings. The van der Waals surface area contributed by atoms with Gasteiger partial charge in [-0.25, -0.2) is 18.1 Å². The molecule has 0 radical (unpaired) electrons. The lowest BCUT2D eigenvalue weighted by atomic mass is 10.2. The van der Waals surface area contributed by atoms with Crippen LogP contribution >= 0.6 is 0 Å². The number of hydrogen-bond donors (Lipinski definition) is 1. The summed E-state index contributed by atoms with van der Waals surface area (Å²) in [6.45, 7) is 0.711. The van der Waals surface area contributed by atoms with Gasteiger partial charge in [-0.1, -0.05) is 30.3 Å². The smallest absolute Gasteiger partial charge is 0.243 e. The van der Waals surface area contributed by atoms with E-state index in [0.717, 1.165) is 16.9 Å². The first-order valence-electron chi connectivity index (χ1n) is 8.12. The Hall–Kier alpha value is -2.71. The second-order valence-corrected chi connectivity index (χ2v) is 7.87. The van der Waals surface area contributed by atoms with Crippen LogP contribution in [0.2, 0.25) is 0 Å². The summed E-state index contributed by atoms with van der Waals surface area (Å²) in [5.74, 6) is 0.775. The molecule has 0 fully saturated rings. The summed E-state index contributed by atoms with van der Waals surface area (Å²) in [6.07, 6.45) is 4.56. The van der Waals surface area contributed by atoms with Gasteiger partial charge in [0.25, 0.3) is 0 Å². The Morgan fingerprint density at radius 3 is 2.62 bits per heavy atom. The molecular weight excluding hydrogens is 350 g/mol. The first-order valence-corrected chi connectivity index (χ1v) is 9.61. The largest absolute Gasteiger partial charge is 0.363 e. The molecule has 2 heterocycles. The number of anilines is 1. The Balaban J connectivity index is 1.68. The molecule has 0 unspecified atom stereocenters. The van der Waals surface area contributed by atoms with E-state index in [2.05, 4.69) is 14.8 Å². The van der Waals surface area contributed by atoms with Crippen LogP contribution in [-0.2, 0) is 23.1 Å². The Morgan fingerprint density at radius 1 is 1.12 bits per heavy atom. The molecule has 0 saturated heterocycles. The van der Waals surface area contributed by atoms with Crippen LogP contribution in [0, 0.1) is 0 Å². The van der Waals surface area contributed by atoms with Crippen molar-refractivity contribution < 1.29 is 8.42 Å². The van der Waals surface area contributed by atoms with Gasteiger partial charge in [0.15, 0.2) is 0 Å². The maximum absolute atomic E-state index is 12.5. The van der Waals surface area contributed by atoms with E-state index < -0.39 is 10.0 Å². The van der Waals surface area contributed by atoms with Crippen LogP contribution in [0.3, 0.4) is 0 Å². The predicted octanol–water partition coefficient (Wildman–Crippen LogP) is 1.87. The van der Waals surface area contributed by atoms with Crippen molar-refractivity contribution >= 4 is 15.8 Å². The van der Waals surface area contributed by atoms with E-state index in [1.807, 2.05) is 55.4 Å². The van der Waals surface area contributed by atoms with E-state index in [9.17, 15) is 8.42 Å². The van der Waals surface area contributed by atoms with E-state index in [-0.39, 0.29) is 11.4 Å². The number of benzene rings is 1. The van der Waals surface area contributed by atoms with Gasteiger partial charge in [0, 0.05) is 33.0 Å². The van der Waals surface area contributed by atoms with E-state index >= 15 is 0 Å². The molecule has 1 N–H and O–H groups in total. The van der Waals surface area contributed by atoms with E-state index in [4.69, 9.17) is 0 Å². The molecule has 8 heteroatoms. The fraction of sp³-hybridized carbons (Fsp3) is 0.222. The number of nitrogens with one attached hydrogen (secondary N) is 1. The number of rotatable bonds is 7. The van der Waals surface area contributed by atoms with Gasteiger partial charge in [0.05, 0.1) is 12.7 Å². The molecule has 136 valence electrons. The van der Waals surface area contributed by atoms with Gasteiger partial charge < -0.3 is 4.90 Å². The molecule has 26 heavy (non-hydrogen) atoms. The number of sulfonamides is 1. The first kappa shape index (κ1) is 18.1. The van der Waals surface area contributed by atoms with E-state index in [1.165, 1.54) is 12.4 Å². The van der Waals surface area contributed by atoms with Crippen LogP contribution in [-0.4, -0.2) is 37.3 Å². The fourth-order valence-electron chi connectivity index (χ4n) is 2.42. The molecule has 0 atom stereocenters. The Morgan fingerprint density at radius 2 is 1.88 bits per heavy atom. The molecule has 3 rings (SSSR count). The summed E-state index contributed by atoms with van der Waals surface area (Å²) in [5.41, 5.74) is 1.89. The highest BCUT2D eigenvalue weighted by Gasteiger charge is 2.16. The first-order chi connectivity index (χ1) is 12.4.